The minimum Gasteiger partial charge on any atom is -0.491 e. The summed E-state index contributed by atoms with van der Waals surface area (Å²) in [5.41, 5.74) is 5.22. The van der Waals surface area contributed by atoms with Crippen LogP contribution >= 0.6 is 23.2 Å². The van der Waals surface area contributed by atoms with Crippen LogP contribution in [0.25, 0.3) is 0 Å². The molecular formula is C38H40Cl2N6O4. The van der Waals surface area contributed by atoms with Gasteiger partial charge in [-0.2, -0.15) is 10.5 Å². The molecule has 6 rings (SSSR count). The predicted octanol–water partition coefficient (Wildman–Crippen LogP) is 5.47. The highest BCUT2D eigenvalue weighted by atomic mass is 35.5. The monoisotopic (exact) mass is 714 g/mol. The third kappa shape index (κ3) is 9.38. The molecule has 10 nitrogen and oxygen atoms in total. The molecule has 2 atom stereocenters. The molecule has 2 fully saturated rings. The van der Waals surface area contributed by atoms with Gasteiger partial charge in [-0.15, -0.1) is 0 Å². The normalized spacial score (nSPS) is 17.2. The number of hydrogen-bond donors (Lipinski definition) is 4. The predicted molar refractivity (Wildman–Crippen MR) is 196 cm³/mol. The van der Waals surface area contributed by atoms with Crippen LogP contribution in [-0.2, 0) is 0 Å². The van der Waals surface area contributed by atoms with Gasteiger partial charge in [-0.25, -0.2) is 0 Å². The van der Waals surface area contributed by atoms with E-state index in [0.29, 0.717) is 32.7 Å². The maximum atomic E-state index is 9.58. The number of ether oxygens (including phenoxy) is 2. The fourth-order valence-electron chi connectivity index (χ4n) is 6.17. The zero-order chi connectivity index (χ0) is 35.3. The molecule has 0 aliphatic carbocycles. The molecule has 0 bridgehead atoms. The molecule has 0 aromatic heterocycles. The second-order valence-corrected chi connectivity index (χ2v) is 12.5. The van der Waals surface area contributed by atoms with Crippen LogP contribution in [0, 0.1) is 22.7 Å². The van der Waals surface area contributed by atoms with E-state index in [4.69, 9.17) is 42.9 Å². The van der Waals surface area contributed by atoms with Crippen molar-refractivity contribution in [2.45, 2.75) is 12.1 Å². The van der Waals surface area contributed by atoms with Crippen LogP contribution in [0.3, 0.4) is 0 Å². The first-order valence-corrected chi connectivity index (χ1v) is 17.2. The number of anilines is 2. The molecule has 50 heavy (non-hydrogen) atoms. The van der Waals surface area contributed by atoms with E-state index in [1.807, 2.05) is 72.8 Å². The minimum absolute atomic E-state index is 0.0555. The fourth-order valence-corrected chi connectivity index (χ4v) is 6.42. The summed E-state index contributed by atoms with van der Waals surface area (Å²) in [7, 11) is 0. The summed E-state index contributed by atoms with van der Waals surface area (Å²) in [6, 6.07) is 31.4. The van der Waals surface area contributed by atoms with Gasteiger partial charge in [-0.1, -0.05) is 47.5 Å². The molecule has 2 aliphatic heterocycles. The zero-order valence-corrected chi connectivity index (χ0v) is 29.1. The van der Waals surface area contributed by atoms with Gasteiger partial charge in [0.05, 0.1) is 47.8 Å². The Morgan fingerprint density at radius 3 is 1.40 bits per heavy atom. The Hall–Kier alpha value is -4.52. The molecule has 260 valence electrons. The Morgan fingerprint density at radius 2 is 1.04 bits per heavy atom. The van der Waals surface area contributed by atoms with E-state index < -0.39 is 0 Å². The summed E-state index contributed by atoms with van der Waals surface area (Å²) in [6.45, 7) is 5.24. The molecule has 4 aromatic rings. The van der Waals surface area contributed by atoms with Gasteiger partial charge in [0.2, 0.25) is 0 Å². The Balaban J connectivity index is 0.000000194. The molecule has 0 amide bonds. The van der Waals surface area contributed by atoms with Crippen molar-refractivity contribution in [1.29, 1.82) is 10.5 Å². The summed E-state index contributed by atoms with van der Waals surface area (Å²) in [4.78, 5) is 4.49. The number of nitriles is 2. The van der Waals surface area contributed by atoms with Crippen molar-refractivity contribution < 1.29 is 19.7 Å². The fraction of sp³-hybridized carbons (Fsp3) is 0.316. The number of halogens is 2. The third-order valence-corrected chi connectivity index (χ3v) is 9.02. The number of piperazine rings is 2. The summed E-state index contributed by atoms with van der Waals surface area (Å²) >= 11 is 12.0. The molecule has 2 saturated heterocycles. The highest BCUT2D eigenvalue weighted by molar-refractivity contribution is 6.30. The molecule has 4 N–H and O–H groups in total. The molecule has 0 spiro atoms. The van der Waals surface area contributed by atoms with Crippen LogP contribution in [0.4, 0.5) is 11.4 Å². The minimum atomic E-state index is -0.0555. The van der Waals surface area contributed by atoms with E-state index in [1.54, 1.807) is 12.1 Å². The first-order valence-electron chi connectivity index (χ1n) is 16.5. The maximum Gasteiger partial charge on any atom is 0.120 e. The largest absolute Gasteiger partial charge is 0.491 e. The van der Waals surface area contributed by atoms with Crippen LogP contribution in [0.5, 0.6) is 11.5 Å². The van der Waals surface area contributed by atoms with Crippen LogP contribution in [0.1, 0.15) is 34.3 Å². The lowest BCUT2D eigenvalue weighted by Gasteiger charge is -2.38. The van der Waals surface area contributed by atoms with E-state index in [0.717, 1.165) is 61.8 Å². The average molecular weight is 716 g/mol. The molecule has 2 aliphatic rings. The molecule has 12 heteroatoms. The Bertz CT molecular complexity index is 1650. The summed E-state index contributed by atoms with van der Waals surface area (Å²) in [5, 5.41) is 45.2. The Morgan fingerprint density at radius 1 is 0.640 bits per heavy atom. The van der Waals surface area contributed by atoms with Crippen LogP contribution in [-0.4, -0.2) is 75.9 Å². The number of nitrogens with zero attached hydrogens (tertiary/aromatic N) is 4. The lowest BCUT2D eigenvalue weighted by atomic mass is 10.0. The van der Waals surface area contributed by atoms with Gasteiger partial charge in [-0.3, -0.25) is 0 Å². The number of rotatable bonds is 10. The topological polar surface area (TPSA) is 137 Å². The SMILES string of the molecule is N#Cc1cc(OCCO)ccc1N1CCNC[C@H]1c1ccc(Cl)cc1.N#Cc1cc(OCCO)ccc1N1CCNC[C@H]1c1ccc(Cl)cc1. The van der Waals surface area contributed by atoms with Crippen molar-refractivity contribution in [1.82, 2.24) is 10.6 Å². The van der Waals surface area contributed by atoms with Gasteiger partial charge in [0.1, 0.15) is 36.9 Å². The van der Waals surface area contributed by atoms with E-state index >= 15 is 0 Å². The first-order chi connectivity index (χ1) is 24.4. The van der Waals surface area contributed by atoms with Crippen molar-refractivity contribution in [2.24, 2.45) is 0 Å². The Kier molecular flexibility index (Phi) is 13.6. The highest BCUT2D eigenvalue weighted by Crippen LogP contribution is 2.35. The second kappa shape index (κ2) is 18.5. The number of aliphatic hydroxyl groups excluding tert-OH is 2. The van der Waals surface area contributed by atoms with Gasteiger partial charge >= 0.3 is 0 Å². The van der Waals surface area contributed by atoms with Crippen molar-refractivity contribution >= 4 is 34.6 Å². The Labute approximate surface area is 303 Å². The molecule has 0 radical (unpaired) electrons. The molecule has 2 heterocycles. The number of nitrogens with one attached hydrogen (secondary N) is 2. The highest BCUT2D eigenvalue weighted by Gasteiger charge is 2.27. The average Bonchev–Trinajstić information content (AvgIpc) is 3.17. The van der Waals surface area contributed by atoms with Gasteiger partial charge in [0.15, 0.2) is 0 Å². The zero-order valence-electron chi connectivity index (χ0n) is 27.6. The van der Waals surface area contributed by atoms with Crippen molar-refractivity contribution in [3.63, 3.8) is 0 Å². The summed E-state index contributed by atoms with van der Waals surface area (Å²) < 4.78 is 10.8. The maximum absolute atomic E-state index is 9.58. The van der Waals surface area contributed by atoms with Gasteiger partial charge in [-0.05, 0) is 71.8 Å². The van der Waals surface area contributed by atoms with Gasteiger partial charge in [0.25, 0.3) is 0 Å². The summed E-state index contributed by atoms with van der Waals surface area (Å²) in [5.74, 6) is 1.18. The van der Waals surface area contributed by atoms with E-state index in [1.165, 1.54) is 0 Å². The summed E-state index contributed by atoms with van der Waals surface area (Å²) in [6.07, 6.45) is 0. The van der Waals surface area contributed by atoms with Crippen LogP contribution in [0.15, 0.2) is 84.9 Å². The number of benzene rings is 4. The lowest BCUT2D eigenvalue weighted by Crippen LogP contribution is -2.46. The quantitative estimate of drug-likeness (QED) is 0.168. The molecule has 4 aromatic carbocycles. The smallest absolute Gasteiger partial charge is 0.120 e. The van der Waals surface area contributed by atoms with Crippen molar-refractivity contribution in [2.75, 3.05) is 75.5 Å². The second-order valence-electron chi connectivity index (χ2n) is 11.7. The first kappa shape index (κ1) is 36.8. The van der Waals surface area contributed by atoms with Crippen LogP contribution in [0.2, 0.25) is 10.0 Å². The number of aliphatic hydroxyl groups is 2. The van der Waals surface area contributed by atoms with Gasteiger partial charge in [0, 0.05) is 49.3 Å². The third-order valence-electron chi connectivity index (χ3n) is 8.51. The van der Waals surface area contributed by atoms with Gasteiger partial charge < -0.3 is 40.1 Å². The lowest BCUT2D eigenvalue weighted by molar-refractivity contribution is 0.201. The standard InChI is InChI=1S/2C19H20ClN3O2/c2*20-16-3-1-14(2-4-16)19-13-22-7-8-23(19)18-6-5-17(25-10-9-24)11-15(18)12-21/h2*1-6,11,19,22,24H,7-10,13H2/t2*19-/m00/s1. The number of hydrogen-bond acceptors (Lipinski definition) is 10. The molecule has 0 unspecified atom stereocenters. The van der Waals surface area contributed by atoms with E-state index in [9.17, 15) is 10.5 Å². The molecule has 0 saturated carbocycles. The molecular weight excluding hydrogens is 675 g/mol. The van der Waals surface area contributed by atoms with E-state index in [2.05, 4.69) is 32.6 Å². The van der Waals surface area contributed by atoms with Crippen LogP contribution < -0.4 is 29.9 Å². The van der Waals surface area contributed by atoms with Crippen molar-refractivity contribution in [3.8, 4) is 23.6 Å². The van der Waals surface area contributed by atoms with E-state index in [-0.39, 0.29) is 38.5 Å². The van der Waals surface area contributed by atoms with Crippen molar-refractivity contribution in [3.05, 3.63) is 117 Å².